The first-order chi connectivity index (χ1) is 25.6. The van der Waals surface area contributed by atoms with Crippen LogP contribution < -0.4 is 21.9 Å². The zero-order chi connectivity index (χ0) is 37.6. The van der Waals surface area contributed by atoms with Crippen molar-refractivity contribution >= 4 is 105 Å². The predicted octanol–water partition coefficient (Wildman–Crippen LogP) is 9.04. The molecule has 0 unspecified atom stereocenters. The number of methoxy groups -OCH3 is 2. The van der Waals surface area contributed by atoms with Crippen LogP contribution in [0.4, 0.5) is 0 Å². The van der Waals surface area contributed by atoms with Gasteiger partial charge in [-0.15, -0.1) is 11.6 Å². The van der Waals surface area contributed by atoms with E-state index in [-0.39, 0.29) is 35.5 Å². The summed E-state index contributed by atoms with van der Waals surface area (Å²) in [5, 5.41) is 7.25. The zero-order valence-corrected chi connectivity index (χ0v) is 37.4. The van der Waals surface area contributed by atoms with Crippen LogP contribution in [0, 0.1) is 6.42 Å². The summed E-state index contributed by atoms with van der Waals surface area (Å²) in [6.07, 6.45) is 8.89. The second kappa shape index (κ2) is 17.9. The average Bonchev–Trinajstić information content (AvgIpc) is 3.80. The monoisotopic (exact) mass is 848 g/mol. The Morgan fingerprint density at radius 1 is 0.709 bits per heavy atom. The number of pyridine rings is 2. The molecule has 4 aromatic heterocycles. The van der Waals surface area contributed by atoms with Crippen molar-refractivity contribution in [2.24, 2.45) is 0 Å². The number of aromatic nitrogens is 4. The predicted molar refractivity (Wildman–Crippen MR) is 233 cm³/mol. The SMILES string of the molecule is COc1ccc2c(c1)c1ncc(CCCl)n1c1c(Br)cc(C(C)C)cc21.COc1ccc2c(c1)c1ncc3n1c1c(cc(C(C)C)cc21)CC3.C[CH-]C.[Cl-].[Mg+2]. The van der Waals surface area contributed by atoms with Crippen LogP contribution in [0.15, 0.2) is 77.5 Å². The van der Waals surface area contributed by atoms with Crippen molar-refractivity contribution < 1.29 is 21.9 Å². The Kier molecular flexibility index (Phi) is 13.9. The number of hydrogen-bond acceptors (Lipinski definition) is 4. The van der Waals surface area contributed by atoms with Gasteiger partial charge < -0.3 is 28.3 Å². The minimum atomic E-state index is 0. The van der Waals surface area contributed by atoms with E-state index < -0.39 is 0 Å². The minimum Gasteiger partial charge on any atom is -1.00 e. The molecule has 1 aliphatic rings. The van der Waals surface area contributed by atoms with E-state index in [1.807, 2.05) is 38.7 Å². The maximum Gasteiger partial charge on any atom is 2.00 e. The third-order valence-electron chi connectivity index (χ3n) is 10.3. The summed E-state index contributed by atoms with van der Waals surface area (Å²) >= 11 is 9.86. The number of halogens is 3. The summed E-state index contributed by atoms with van der Waals surface area (Å²) in [4.78, 5) is 9.46. The van der Waals surface area contributed by atoms with E-state index in [0.717, 1.165) is 63.1 Å². The van der Waals surface area contributed by atoms with Gasteiger partial charge in [0.05, 0.1) is 25.3 Å². The number of ether oxygens (including phenoxy) is 2. The molecule has 0 spiro atoms. The number of aryl methyl sites for hydroxylation is 3. The Hall–Kier alpha value is -3.27. The van der Waals surface area contributed by atoms with E-state index in [4.69, 9.17) is 31.0 Å². The molecule has 0 N–H and O–H groups in total. The van der Waals surface area contributed by atoms with E-state index in [1.54, 1.807) is 14.2 Å². The molecule has 55 heavy (non-hydrogen) atoms. The first kappa shape index (κ1) is 42.9. The molecule has 9 rings (SSSR count). The summed E-state index contributed by atoms with van der Waals surface area (Å²) in [5.41, 5.74) is 11.0. The van der Waals surface area contributed by atoms with E-state index in [2.05, 4.69) is 107 Å². The van der Waals surface area contributed by atoms with Gasteiger partial charge in [-0.3, -0.25) is 8.80 Å². The molecule has 0 amide bonds. The van der Waals surface area contributed by atoms with Crippen LogP contribution in [-0.4, -0.2) is 61.9 Å². The van der Waals surface area contributed by atoms with Gasteiger partial charge in [-0.2, -0.15) is 13.8 Å². The number of benzene rings is 4. The van der Waals surface area contributed by atoms with E-state index in [9.17, 15) is 0 Å². The van der Waals surface area contributed by atoms with Gasteiger partial charge >= 0.3 is 23.1 Å². The number of imidazole rings is 2. The quantitative estimate of drug-likeness (QED) is 0.0726. The van der Waals surface area contributed by atoms with Crippen molar-refractivity contribution in [3.8, 4) is 11.5 Å². The summed E-state index contributed by atoms with van der Waals surface area (Å²) in [6, 6.07) is 21.8. The third kappa shape index (κ3) is 7.74. The van der Waals surface area contributed by atoms with Gasteiger partial charge in [0, 0.05) is 62.1 Å². The number of nitrogens with zero attached hydrogens (tertiary/aromatic N) is 4. The van der Waals surface area contributed by atoms with Crippen LogP contribution in [0.2, 0.25) is 0 Å². The molecule has 0 atom stereocenters. The summed E-state index contributed by atoms with van der Waals surface area (Å²) in [6.45, 7) is 13.0. The summed E-state index contributed by atoms with van der Waals surface area (Å²) in [5.74, 6) is 3.25. The molecule has 6 nitrogen and oxygen atoms in total. The van der Waals surface area contributed by atoms with Gasteiger partial charge in [0.1, 0.15) is 22.8 Å². The molecule has 0 saturated heterocycles. The van der Waals surface area contributed by atoms with Crippen molar-refractivity contribution in [1.82, 2.24) is 18.8 Å². The molecule has 10 heteroatoms. The van der Waals surface area contributed by atoms with Gasteiger partial charge in [-0.05, 0) is 123 Å². The van der Waals surface area contributed by atoms with Crippen molar-refractivity contribution in [3.63, 3.8) is 0 Å². The number of alkyl halides is 1. The molecule has 5 heterocycles. The second-order valence-electron chi connectivity index (χ2n) is 14.4. The average molecular weight is 851 g/mol. The fourth-order valence-corrected chi connectivity index (χ4v) is 8.45. The number of hydrogen-bond donors (Lipinski definition) is 0. The molecule has 0 aliphatic carbocycles. The van der Waals surface area contributed by atoms with Crippen LogP contribution in [0.5, 0.6) is 11.5 Å². The van der Waals surface area contributed by atoms with Crippen molar-refractivity contribution in [1.29, 1.82) is 0 Å². The minimum absolute atomic E-state index is 0. The molecule has 0 radical (unpaired) electrons. The Morgan fingerprint density at radius 2 is 1.24 bits per heavy atom. The molecule has 282 valence electrons. The largest absolute Gasteiger partial charge is 2.00 e. The molecular formula is C45H47BrCl2MgN4O2. The maximum atomic E-state index is 6.04. The van der Waals surface area contributed by atoms with E-state index >= 15 is 0 Å². The van der Waals surface area contributed by atoms with Gasteiger partial charge in [0.15, 0.2) is 0 Å². The number of rotatable bonds is 6. The van der Waals surface area contributed by atoms with Gasteiger partial charge in [0.25, 0.3) is 0 Å². The van der Waals surface area contributed by atoms with E-state index in [0.29, 0.717) is 17.7 Å². The molecule has 8 aromatic rings. The Morgan fingerprint density at radius 3 is 1.78 bits per heavy atom. The fraction of sp³-hybridized carbons (Fsp3) is 0.311. The summed E-state index contributed by atoms with van der Waals surface area (Å²) in [7, 11) is 3.41. The summed E-state index contributed by atoms with van der Waals surface area (Å²) < 4.78 is 16.6. The molecule has 1 aliphatic heterocycles. The molecule has 4 aromatic carbocycles. The zero-order valence-electron chi connectivity index (χ0n) is 32.9. The van der Waals surface area contributed by atoms with Crippen molar-refractivity contribution in [3.05, 3.63) is 112 Å². The van der Waals surface area contributed by atoms with Crippen LogP contribution in [0.1, 0.15) is 81.5 Å². The molecule has 0 fully saturated rings. The van der Waals surface area contributed by atoms with Gasteiger partial charge in [0.2, 0.25) is 0 Å². The Balaban J connectivity index is 0.000000191. The van der Waals surface area contributed by atoms with Crippen LogP contribution in [-0.2, 0) is 19.3 Å². The van der Waals surface area contributed by atoms with Crippen LogP contribution >= 0.6 is 27.5 Å². The van der Waals surface area contributed by atoms with Gasteiger partial charge in [-0.25, -0.2) is 9.97 Å². The smallest absolute Gasteiger partial charge is 1.00 e. The topological polar surface area (TPSA) is 53.1 Å². The first-order valence-electron chi connectivity index (χ1n) is 18.5. The molecular weight excluding hydrogens is 804 g/mol. The first-order valence-corrected chi connectivity index (χ1v) is 19.8. The van der Waals surface area contributed by atoms with E-state index in [1.165, 1.54) is 54.8 Å². The van der Waals surface area contributed by atoms with Crippen molar-refractivity contribution in [2.45, 2.75) is 72.6 Å². The van der Waals surface area contributed by atoms with Crippen LogP contribution in [0.3, 0.4) is 0 Å². The molecule has 0 saturated carbocycles. The third-order valence-corrected chi connectivity index (χ3v) is 11.1. The maximum absolute atomic E-state index is 6.04. The molecule has 0 bridgehead atoms. The number of fused-ring (bicyclic) bond motifs is 9. The fourth-order valence-electron chi connectivity index (χ4n) is 7.60. The van der Waals surface area contributed by atoms with Gasteiger partial charge in [-0.1, -0.05) is 33.8 Å². The Bertz CT molecular complexity index is 2650. The van der Waals surface area contributed by atoms with Crippen LogP contribution in [0.25, 0.3) is 54.6 Å². The normalized spacial score (nSPS) is 11.9. The second-order valence-corrected chi connectivity index (χ2v) is 15.7. The van der Waals surface area contributed by atoms with Crippen molar-refractivity contribution in [2.75, 3.05) is 20.1 Å². The standard InChI is InChI=1S/C21H20BrClN2O.C21H20N2O.C3H7.ClH.Mg/c1-12(2)13-8-17-16-5-4-15(26-3)10-18(16)21-24-11-14(6-7-23)25(21)20(17)19(22)9-13;1-12(2)14-8-13-4-5-15-11-22-21-19-10-16(24-3)6-7-17(19)18(9-14)20(13)23(15)21;1-3-2;;/h4-5,8-12H,6-7H2,1-3H3;6-12H,4-5H2,1-3H3;3H,1-2H3;1H;/q;;-1;;+2/p-1. The Labute approximate surface area is 359 Å².